The molecule has 1 N–H and O–H groups in total. The first kappa shape index (κ1) is 13.3. The molecule has 1 aliphatic heterocycles. The van der Waals surface area contributed by atoms with E-state index in [2.05, 4.69) is 5.32 Å². The van der Waals surface area contributed by atoms with E-state index in [0.717, 1.165) is 13.0 Å². The van der Waals surface area contributed by atoms with E-state index in [9.17, 15) is 8.42 Å². The summed E-state index contributed by atoms with van der Waals surface area (Å²) in [6, 6.07) is 0.614. The number of nitrogens with zero attached hydrogens (tertiary/aromatic N) is 1. The van der Waals surface area contributed by atoms with Gasteiger partial charge < -0.3 is 5.32 Å². The predicted molar refractivity (Wildman–Crippen MR) is 69.5 cm³/mol. The van der Waals surface area contributed by atoms with Gasteiger partial charge in [0.1, 0.15) is 0 Å². The Hall–Kier alpha value is -0.130. The molecule has 0 atom stereocenters. The van der Waals surface area contributed by atoms with Crippen molar-refractivity contribution in [3.63, 3.8) is 0 Å². The fraction of sp³-hybridized carbons (Fsp3) is 1.00. The van der Waals surface area contributed by atoms with Crippen LogP contribution in [0.1, 0.15) is 44.9 Å². The lowest BCUT2D eigenvalue weighted by molar-refractivity contribution is 0.398. The molecule has 0 radical (unpaired) electrons. The third-order valence-corrected chi connectivity index (χ3v) is 5.81. The van der Waals surface area contributed by atoms with Crippen LogP contribution in [0.2, 0.25) is 0 Å². The molecule has 0 aromatic rings. The predicted octanol–water partition coefficient (Wildman–Crippen LogP) is 1.33. The van der Waals surface area contributed by atoms with Crippen molar-refractivity contribution in [2.75, 3.05) is 25.4 Å². The van der Waals surface area contributed by atoms with Gasteiger partial charge in [0.2, 0.25) is 10.0 Å². The molecule has 17 heavy (non-hydrogen) atoms. The number of rotatable bonds is 4. The molecule has 100 valence electrons. The van der Waals surface area contributed by atoms with Gasteiger partial charge in [-0.15, -0.1) is 0 Å². The average Bonchev–Trinajstić information content (AvgIpc) is 2.53. The summed E-state index contributed by atoms with van der Waals surface area (Å²) in [5.74, 6) is 0.344. The van der Waals surface area contributed by atoms with Gasteiger partial charge in [0, 0.05) is 25.7 Å². The zero-order valence-corrected chi connectivity index (χ0v) is 11.3. The van der Waals surface area contributed by atoms with E-state index in [1.165, 1.54) is 38.5 Å². The molecular formula is C12H24N2O2S. The molecule has 0 spiro atoms. The molecule has 0 unspecified atom stereocenters. The highest BCUT2D eigenvalue weighted by molar-refractivity contribution is 7.89. The summed E-state index contributed by atoms with van der Waals surface area (Å²) >= 11 is 0. The lowest BCUT2D eigenvalue weighted by Crippen LogP contribution is -2.37. The zero-order chi connectivity index (χ0) is 12.1. The molecule has 2 aliphatic rings. The van der Waals surface area contributed by atoms with Gasteiger partial charge in [-0.1, -0.05) is 25.7 Å². The first-order chi connectivity index (χ1) is 8.18. The summed E-state index contributed by atoms with van der Waals surface area (Å²) < 4.78 is 24.8. The topological polar surface area (TPSA) is 49.4 Å². The van der Waals surface area contributed by atoms with Crippen LogP contribution in [0.15, 0.2) is 0 Å². The standard InChI is InChI=1S/C12H24N2O2S/c15-17(16)11-5-9-14(17)10-8-13-12-6-3-1-2-4-7-12/h12-13H,1-11H2. The Morgan fingerprint density at radius 1 is 1.06 bits per heavy atom. The molecule has 4 nitrogen and oxygen atoms in total. The van der Waals surface area contributed by atoms with Crippen LogP contribution in [0.25, 0.3) is 0 Å². The van der Waals surface area contributed by atoms with Crippen LogP contribution in [0.4, 0.5) is 0 Å². The Balaban J connectivity index is 1.68. The maximum atomic E-state index is 11.6. The van der Waals surface area contributed by atoms with Crippen LogP contribution in [-0.4, -0.2) is 44.2 Å². The molecule has 1 heterocycles. The number of hydrogen-bond donors (Lipinski definition) is 1. The second-order valence-corrected chi connectivity index (χ2v) is 7.30. The molecule has 2 rings (SSSR count). The van der Waals surface area contributed by atoms with Gasteiger partial charge in [0.15, 0.2) is 0 Å². The van der Waals surface area contributed by atoms with E-state index in [0.29, 0.717) is 24.9 Å². The molecule has 0 aromatic carbocycles. The Bertz CT molecular complexity index is 321. The van der Waals surface area contributed by atoms with Gasteiger partial charge in [0.05, 0.1) is 5.75 Å². The molecule has 0 amide bonds. The number of nitrogens with one attached hydrogen (secondary N) is 1. The second kappa shape index (κ2) is 6.16. The summed E-state index contributed by atoms with van der Waals surface area (Å²) in [6.07, 6.45) is 8.67. The van der Waals surface area contributed by atoms with Crippen LogP contribution in [0, 0.1) is 0 Å². The van der Waals surface area contributed by atoms with E-state index in [-0.39, 0.29) is 0 Å². The fourth-order valence-corrected chi connectivity index (χ4v) is 4.35. The first-order valence-corrected chi connectivity index (χ1v) is 8.50. The van der Waals surface area contributed by atoms with Crippen LogP contribution in [0.3, 0.4) is 0 Å². The van der Waals surface area contributed by atoms with E-state index >= 15 is 0 Å². The minimum atomic E-state index is -2.90. The molecule has 1 aliphatic carbocycles. The lowest BCUT2D eigenvalue weighted by atomic mass is 10.1. The molecular weight excluding hydrogens is 236 g/mol. The monoisotopic (exact) mass is 260 g/mol. The van der Waals surface area contributed by atoms with Gasteiger partial charge in [-0.25, -0.2) is 12.7 Å². The van der Waals surface area contributed by atoms with E-state index in [4.69, 9.17) is 0 Å². The molecule has 1 saturated heterocycles. The van der Waals surface area contributed by atoms with E-state index in [1.807, 2.05) is 0 Å². The summed E-state index contributed by atoms with van der Waals surface area (Å²) in [5, 5.41) is 3.52. The van der Waals surface area contributed by atoms with E-state index < -0.39 is 10.0 Å². The maximum absolute atomic E-state index is 11.6. The molecule has 1 saturated carbocycles. The Labute approximate surface area is 105 Å². The third-order valence-electron chi connectivity index (χ3n) is 3.85. The Kier molecular flexibility index (Phi) is 4.82. The highest BCUT2D eigenvalue weighted by Gasteiger charge is 2.27. The summed E-state index contributed by atoms with van der Waals surface area (Å²) in [4.78, 5) is 0. The zero-order valence-electron chi connectivity index (χ0n) is 10.5. The van der Waals surface area contributed by atoms with Crippen molar-refractivity contribution in [2.24, 2.45) is 0 Å². The van der Waals surface area contributed by atoms with Crippen molar-refractivity contribution in [1.82, 2.24) is 9.62 Å². The van der Waals surface area contributed by atoms with Crippen LogP contribution >= 0.6 is 0 Å². The molecule has 2 fully saturated rings. The quantitative estimate of drug-likeness (QED) is 0.776. The molecule has 0 aromatic heterocycles. The van der Waals surface area contributed by atoms with Gasteiger partial charge in [-0.2, -0.15) is 0 Å². The van der Waals surface area contributed by atoms with Crippen molar-refractivity contribution in [3.8, 4) is 0 Å². The van der Waals surface area contributed by atoms with Gasteiger partial charge in [0.25, 0.3) is 0 Å². The van der Waals surface area contributed by atoms with Gasteiger partial charge in [-0.3, -0.25) is 0 Å². The average molecular weight is 260 g/mol. The third kappa shape index (κ3) is 3.93. The molecule has 5 heteroatoms. The van der Waals surface area contributed by atoms with Crippen molar-refractivity contribution >= 4 is 10.0 Å². The van der Waals surface area contributed by atoms with Crippen LogP contribution in [0.5, 0.6) is 0 Å². The summed E-state index contributed by atoms with van der Waals surface area (Å²) in [6.45, 7) is 2.18. The van der Waals surface area contributed by atoms with Crippen LogP contribution in [-0.2, 0) is 10.0 Å². The second-order valence-electron chi connectivity index (χ2n) is 5.21. The van der Waals surface area contributed by atoms with E-state index in [1.54, 1.807) is 4.31 Å². The normalized spacial score (nSPS) is 27.1. The Morgan fingerprint density at radius 2 is 1.76 bits per heavy atom. The Morgan fingerprint density at radius 3 is 2.35 bits per heavy atom. The van der Waals surface area contributed by atoms with Crippen molar-refractivity contribution < 1.29 is 8.42 Å². The summed E-state index contributed by atoms with van der Waals surface area (Å²) in [7, 11) is -2.90. The number of sulfonamides is 1. The lowest BCUT2D eigenvalue weighted by Gasteiger charge is -2.19. The summed E-state index contributed by atoms with van der Waals surface area (Å²) in [5.41, 5.74) is 0. The van der Waals surface area contributed by atoms with Crippen molar-refractivity contribution in [2.45, 2.75) is 51.0 Å². The molecule has 0 bridgehead atoms. The SMILES string of the molecule is O=S1(=O)CCCN1CCNC1CCCCCC1. The van der Waals surface area contributed by atoms with Crippen molar-refractivity contribution in [3.05, 3.63) is 0 Å². The highest BCUT2D eigenvalue weighted by Crippen LogP contribution is 2.17. The largest absolute Gasteiger partial charge is 0.313 e. The van der Waals surface area contributed by atoms with Gasteiger partial charge >= 0.3 is 0 Å². The van der Waals surface area contributed by atoms with Crippen molar-refractivity contribution in [1.29, 1.82) is 0 Å². The highest BCUT2D eigenvalue weighted by atomic mass is 32.2. The maximum Gasteiger partial charge on any atom is 0.214 e. The van der Waals surface area contributed by atoms with Crippen LogP contribution < -0.4 is 5.32 Å². The van der Waals surface area contributed by atoms with Gasteiger partial charge in [-0.05, 0) is 19.3 Å². The fourth-order valence-electron chi connectivity index (χ4n) is 2.82. The number of hydrogen-bond acceptors (Lipinski definition) is 3. The minimum Gasteiger partial charge on any atom is -0.313 e. The smallest absolute Gasteiger partial charge is 0.214 e. The first-order valence-electron chi connectivity index (χ1n) is 6.90. The minimum absolute atomic E-state index is 0.344.